The summed E-state index contributed by atoms with van der Waals surface area (Å²) < 4.78 is 0. The van der Waals surface area contributed by atoms with Crippen LogP contribution < -0.4 is 0 Å². The molecule has 21 heavy (non-hydrogen) atoms. The molecule has 5 heteroatoms. The Labute approximate surface area is 122 Å². The van der Waals surface area contributed by atoms with E-state index in [0.29, 0.717) is 11.6 Å². The van der Waals surface area contributed by atoms with Crippen molar-refractivity contribution in [2.24, 2.45) is 4.99 Å². The minimum Gasteiger partial charge on any atom is -0.376 e. The lowest BCUT2D eigenvalue weighted by molar-refractivity contribution is -0.114. The van der Waals surface area contributed by atoms with E-state index in [2.05, 4.69) is 11.9 Å². The van der Waals surface area contributed by atoms with Crippen molar-refractivity contribution in [3.63, 3.8) is 0 Å². The lowest BCUT2D eigenvalue weighted by Gasteiger charge is -2.22. The molecule has 106 valence electrons. The van der Waals surface area contributed by atoms with E-state index in [9.17, 15) is 4.79 Å². The number of benzene rings is 1. The van der Waals surface area contributed by atoms with Crippen molar-refractivity contribution in [2.75, 3.05) is 0 Å². The van der Waals surface area contributed by atoms with Gasteiger partial charge in [0, 0.05) is 6.08 Å². The molecular formula is C16H15N3O2. The topological polar surface area (TPSA) is 65.8 Å². The zero-order chi connectivity index (χ0) is 15.0. The average Bonchev–Trinajstić information content (AvgIpc) is 2.85. The van der Waals surface area contributed by atoms with Gasteiger partial charge in [0.05, 0.1) is 5.57 Å². The third kappa shape index (κ3) is 2.38. The minimum atomic E-state index is -0.416. The second-order valence-electron chi connectivity index (χ2n) is 4.92. The molecule has 0 saturated carbocycles. The number of hydroxylamine groups is 2. The number of nitrogens with one attached hydrogen (secondary N) is 1. The third-order valence-electron chi connectivity index (χ3n) is 3.38. The highest BCUT2D eigenvalue weighted by Crippen LogP contribution is 2.23. The second kappa shape index (κ2) is 5.01. The molecule has 0 atom stereocenters. The summed E-state index contributed by atoms with van der Waals surface area (Å²) in [6.45, 7) is 3.84. The van der Waals surface area contributed by atoms with Gasteiger partial charge in [0.2, 0.25) is 0 Å². The Bertz CT molecular complexity index is 712. The van der Waals surface area contributed by atoms with Gasteiger partial charge in [0.25, 0.3) is 5.91 Å². The summed E-state index contributed by atoms with van der Waals surface area (Å²) in [4.78, 5) is 21.4. The number of carbonyl (C=O) groups is 1. The molecule has 0 bridgehead atoms. The first-order valence-corrected chi connectivity index (χ1v) is 6.77. The van der Waals surface area contributed by atoms with Gasteiger partial charge in [0.1, 0.15) is 5.76 Å². The summed E-state index contributed by atoms with van der Waals surface area (Å²) in [6, 6.07) is 7.88. The number of nitrogens with zero attached hydrogens (tertiary/aromatic N) is 2. The molecule has 2 heterocycles. The Balaban J connectivity index is 1.94. The van der Waals surface area contributed by atoms with Crippen molar-refractivity contribution in [3.8, 4) is 0 Å². The molecule has 3 rings (SSSR count). The fourth-order valence-electron chi connectivity index (χ4n) is 2.22. The molecule has 1 aromatic rings. The van der Waals surface area contributed by atoms with Gasteiger partial charge in [-0.15, -0.1) is 5.06 Å². The monoisotopic (exact) mass is 281 g/mol. The van der Waals surface area contributed by atoms with Crippen molar-refractivity contribution in [3.05, 3.63) is 52.8 Å². The maximum Gasteiger partial charge on any atom is 0.282 e. The van der Waals surface area contributed by atoms with Crippen molar-refractivity contribution in [1.29, 1.82) is 5.41 Å². The van der Waals surface area contributed by atoms with Crippen molar-refractivity contribution in [1.82, 2.24) is 5.06 Å². The number of fused-ring (bicyclic) bond motifs is 1. The number of amidine groups is 2. The van der Waals surface area contributed by atoms with E-state index in [1.165, 1.54) is 10.6 Å². The number of rotatable bonds is 2. The van der Waals surface area contributed by atoms with Crippen LogP contribution in [-0.2, 0) is 16.1 Å². The maximum absolute atomic E-state index is 12.1. The molecule has 0 saturated heterocycles. The van der Waals surface area contributed by atoms with Crippen LogP contribution in [0.25, 0.3) is 6.08 Å². The zero-order valence-electron chi connectivity index (χ0n) is 11.9. The van der Waals surface area contributed by atoms with Crippen LogP contribution in [-0.4, -0.2) is 22.6 Å². The molecule has 0 radical (unpaired) electrons. The van der Waals surface area contributed by atoms with E-state index < -0.39 is 5.91 Å². The van der Waals surface area contributed by atoms with Crippen LogP contribution in [0.15, 0.2) is 46.7 Å². The molecule has 1 N–H and O–H groups in total. The lowest BCUT2D eigenvalue weighted by atomic mass is 10.1. The van der Waals surface area contributed by atoms with Crippen LogP contribution in [0.4, 0.5) is 0 Å². The fraction of sp³-hybridized carbons (Fsp3) is 0.188. The molecule has 0 unspecified atom stereocenters. The Morgan fingerprint density at radius 3 is 2.71 bits per heavy atom. The van der Waals surface area contributed by atoms with Crippen LogP contribution in [0, 0.1) is 5.41 Å². The third-order valence-corrected chi connectivity index (χ3v) is 3.38. The summed E-state index contributed by atoms with van der Waals surface area (Å²) in [5, 5.41) is 9.39. The van der Waals surface area contributed by atoms with Gasteiger partial charge in [0.15, 0.2) is 11.7 Å². The highest BCUT2D eigenvalue weighted by atomic mass is 16.7. The summed E-state index contributed by atoms with van der Waals surface area (Å²) in [6.07, 6.45) is 4.27. The molecule has 5 nitrogen and oxygen atoms in total. The van der Waals surface area contributed by atoms with E-state index in [1.54, 1.807) is 19.1 Å². The quantitative estimate of drug-likeness (QED) is 0.848. The first kappa shape index (κ1) is 13.3. The fourth-order valence-corrected chi connectivity index (χ4v) is 2.22. The van der Waals surface area contributed by atoms with E-state index in [1.807, 2.05) is 24.3 Å². The lowest BCUT2D eigenvalue weighted by Crippen LogP contribution is -2.38. The SMILES string of the molecule is CCc1ccc(/C=C2/C(=N)N3OC(C)=CC3=NC2=O)cc1. The number of aliphatic imine (C=N–C) groups is 1. The minimum absolute atomic E-state index is 0.0117. The van der Waals surface area contributed by atoms with E-state index in [4.69, 9.17) is 10.2 Å². The summed E-state index contributed by atoms with van der Waals surface area (Å²) in [5.41, 5.74) is 2.32. The van der Waals surface area contributed by atoms with Crippen molar-refractivity contribution in [2.45, 2.75) is 20.3 Å². The highest BCUT2D eigenvalue weighted by Gasteiger charge is 2.34. The molecular weight excluding hydrogens is 266 g/mol. The van der Waals surface area contributed by atoms with Crippen LogP contribution in [0.5, 0.6) is 0 Å². The number of amides is 1. The van der Waals surface area contributed by atoms with Gasteiger partial charge in [-0.3, -0.25) is 10.2 Å². The summed E-state index contributed by atoms with van der Waals surface area (Å²) in [7, 11) is 0. The Hall–Kier alpha value is -2.69. The van der Waals surface area contributed by atoms with Gasteiger partial charge in [-0.25, -0.2) is 0 Å². The van der Waals surface area contributed by atoms with E-state index >= 15 is 0 Å². The molecule has 1 amide bonds. The van der Waals surface area contributed by atoms with Gasteiger partial charge in [-0.05, 0) is 30.5 Å². The Morgan fingerprint density at radius 2 is 2.05 bits per heavy atom. The van der Waals surface area contributed by atoms with Crippen LogP contribution in [0.3, 0.4) is 0 Å². The number of carbonyl (C=O) groups excluding carboxylic acids is 1. The standard InChI is InChI=1S/C16H15N3O2/c1-3-11-4-6-12(7-5-11)9-13-15(17)19-14(18-16(13)20)8-10(2)21-19/h4-9,17H,3H2,1-2H3/b13-9-,17-15?. The van der Waals surface area contributed by atoms with Crippen molar-refractivity contribution < 1.29 is 9.63 Å². The largest absolute Gasteiger partial charge is 0.376 e. The average molecular weight is 281 g/mol. The van der Waals surface area contributed by atoms with E-state index in [-0.39, 0.29) is 11.4 Å². The second-order valence-corrected chi connectivity index (χ2v) is 4.92. The van der Waals surface area contributed by atoms with Gasteiger partial charge < -0.3 is 4.84 Å². The Morgan fingerprint density at radius 1 is 1.33 bits per heavy atom. The molecule has 0 spiro atoms. The molecule has 0 fully saturated rings. The number of aryl methyl sites for hydroxylation is 1. The number of hydrogen-bond acceptors (Lipinski definition) is 3. The van der Waals surface area contributed by atoms with Gasteiger partial charge in [-0.1, -0.05) is 31.2 Å². The van der Waals surface area contributed by atoms with Crippen LogP contribution >= 0.6 is 0 Å². The van der Waals surface area contributed by atoms with Crippen LogP contribution in [0.2, 0.25) is 0 Å². The molecule has 2 aliphatic heterocycles. The van der Waals surface area contributed by atoms with Gasteiger partial charge in [-0.2, -0.15) is 4.99 Å². The highest BCUT2D eigenvalue weighted by molar-refractivity contribution is 6.32. The molecule has 0 aliphatic carbocycles. The molecule has 2 aliphatic rings. The first-order valence-electron chi connectivity index (χ1n) is 6.77. The predicted molar refractivity (Wildman–Crippen MR) is 80.6 cm³/mol. The summed E-state index contributed by atoms with van der Waals surface area (Å²) in [5.74, 6) is 0.568. The van der Waals surface area contributed by atoms with Gasteiger partial charge >= 0.3 is 0 Å². The summed E-state index contributed by atoms with van der Waals surface area (Å²) >= 11 is 0. The van der Waals surface area contributed by atoms with Crippen LogP contribution in [0.1, 0.15) is 25.0 Å². The first-order chi connectivity index (χ1) is 10.1. The zero-order valence-corrected chi connectivity index (χ0v) is 11.9. The Kier molecular flexibility index (Phi) is 3.17. The predicted octanol–water partition coefficient (Wildman–Crippen LogP) is 2.70. The normalized spacial score (nSPS) is 19.3. The molecule has 1 aromatic carbocycles. The smallest absolute Gasteiger partial charge is 0.282 e. The van der Waals surface area contributed by atoms with Crippen molar-refractivity contribution >= 4 is 23.7 Å². The number of hydrogen-bond donors (Lipinski definition) is 1. The number of allylic oxidation sites excluding steroid dienone is 1. The maximum atomic E-state index is 12.1. The van der Waals surface area contributed by atoms with E-state index in [0.717, 1.165) is 12.0 Å². The molecule has 0 aromatic heterocycles.